The number of likely N-dealkylation sites (tertiary alicyclic amines) is 1. The van der Waals surface area contributed by atoms with Gasteiger partial charge in [0.1, 0.15) is 11.4 Å². The summed E-state index contributed by atoms with van der Waals surface area (Å²) in [6, 6.07) is 12.6. The Morgan fingerprint density at radius 3 is 2.67 bits per heavy atom. The highest BCUT2D eigenvalue weighted by Crippen LogP contribution is 2.43. The summed E-state index contributed by atoms with van der Waals surface area (Å²) in [5.74, 6) is -0.447. The maximum absolute atomic E-state index is 13.6. The van der Waals surface area contributed by atoms with Crippen LogP contribution in [0.4, 0.5) is 4.39 Å². The lowest BCUT2D eigenvalue weighted by Gasteiger charge is -2.38. The highest BCUT2D eigenvalue weighted by molar-refractivity contribution is 5.94. The Hall–Kier alpha value is -2.69. The normalized spacial score (nSPS) is 17.7. The number of hydrogen-bond acceptors (Lipinski definition) is 3. The minimum atomic E-state index is -0.593. The van der Waals surface area contributed by atoms with E-state index in [-0.39, 0.29) is 17.7 Å². The van der Waals surface area contributed by atoms with Crippen molar-refractivity contribution in [2.45, 2.75) is 38.2 Å². The molecule has 1 fully saturated rings. The van der Waals surface area contributed by atoms with E-state index in [0.717, 1.165) is 11.1 Å². The van der Waals surface area contributed by atoms with Crippen LogP contribution in [0.3, 0.4) is 0 Å². The van der Waals surface area contributed by atoms with Gasteiger partial charge in [0.05, 0.1) is 5.56 Å². The molecule has 1 spiro atoms. The number of carbonyl (C=O) groups excluding carboxylic acids is 2. The number of ether oxygens (including phenoxy) is 1. The van der Waals surface area contributed by atoms with E-state index < -0.39 is 5.60 Å². The molecule has 0 N–H and O–H groups in total. The molecule has 5 heteroatoms. The monoisotopic (exact) mass is 367 g/mol. The largest absolute Gasteiger partial charge is 0.450 e. The predicted molar refractivity (Wildman–Crippen MR) is 98.8 cm³/mol. The van der Waals surface area contributed by atoms with Crippen molar-refractivity contribution in [1.29, 1.82) is 0 Å². The van der Waals surface area contributed by atoms with Crippen LogP contribution in [-0.2, 0) is 21.6 Å². The molecule has 4 nitrogen and oxygen atoms in total. The quantitative estimate of drug-likeness (QED) is 0.776. The molecule has 1 amide bonds. The summed E-state index contributed by atoms with van der Waals surface area (Å²) in [4.78, 5) is 26.5. The Bertz CT molecular complexity index is 900. The molecule has 1 saturated heterocycles. The Kier molecular flexibility index (Phi) is 4.46. The zero-order valence-electron chi connectivity index (χ0n) is 15.3. The van der Waals surface area contributed by atoms with Crippen LogP contribution in [0.1, 0.15) is 46.3 Å². The van der Waals surface area contributed by atoms with Gasteiger partial charge in [0.15, 0.2) is 0 Å². The van der Waals surface area contributed by atoms with Crippen molar-refractivity contribution in [2.24, 2.45) is 0 Å². The zero-order valence-corrected chi connectivity index (χ0v) is 15.3. The Morgan fingerprint density at radius 2 is 1.93 bits per heavy atom. The molecule has 140 valence electrons. The predicted octanol–water partition coefficient (Wildman–Crippen LogP) is 3.76. The maximum atomic E-state index is 13.6. The number of amides is 1. The molecule has 0 saturated carbocycles. The number of fused-ring (bicyclic) bond motifs is 2. The van der Waals surface area contributed by atoms with Crippen molar-refractivity contribution in [2.75, 3.05) is 13.1 Å². The minimum absolute atomic E-state index is 0.0587. The number of aryl methyl sites for hydroxylation is 2. The van der Waals surface area contributed by atoms with Crippen molar-refractivity contribution >= 4 is 11.9 Å². The average Bonchev–Trinajstić information content (AvgIpc) is 2.95. The molecule has 2 aromatic rings. The van der Waals surface area contributed by atoms with Crippen LogP contribution in [0.2, 0.25) is 0 Å². The Labute approximate surface area is 157 Å². The second kappa shape index (κ2) is 6.80. The molecule has 4 rings (SSSR count). The first-order valence-electron chi connectivity index (χ1n) is 9.34. The fraction of sp³-hybridized carbons (Fsp3) is 0.364. The Morgan fingerprint density at radius 1 is 1.19 bits per heavy atom. The number of esters is 1. The molecule has 0 atom stereocenters. The van der Waals surface area contributed by atoms with Gasteiger partial charge in [-0.3, -0.25) is 4.79 Å². The number of rotatable bonds is 3. The lowest BCUT2D eigenvalue weighted by molar-refractivity contribution is -0.135. The fourth-order valence-electron chi connectivity index (χ4n) is 4.04. The summed E-state index contributed by atoms with van der Waals surface area (Å²) in [5.41, 5.74) is 2.43. The van der Waals surface area contributed by atoms with Crippen molar-refractivity contribution in [3.05, 3.63) is 70.5 Å². The SMILES string of the molecule is Cc1ccc(CCC(=O)N2CCC3(CC2)OC(=O)c2ccccc23)cc1F. The maximum Gasteiger partial charge on any atom is 0.339 e. The molecule has 0 unspecified atom stereocenters. The third-order valence-corrected chi connectivity index (χ3v) is 5.71. The first kappa shape index (κ1) is 17.7. The number of piperidine rings is 1. The van der Waals surface area contributed by atoms with Crippen LogP contribution in [-0.4, -0.2) is 29.9 Å². The van der Waals surface area contributed by atoms with E-state index >= 15 is 0 Å². The third-order valence-electron chi connectivity index (χ3n) is 5.71. The summed E-state index contributed by atoms with van der Waals surface area (Å²) in [6.07, 6.45) is 2.10. The van der Waals surface area contributed by atoms with Gasteiger partial charge in [-0.15, -0.1) is 0 Å². The third kappa shape index (κ3) is 3.22. The van der Waals surface area contributed by atoms with E-state index in [1.807, 2.05) is 29.2 Å². The molecule has 0 bridgehead atoms. The van der Waals surface area contributed by atoms with Gasteiger partial charge in [0.25, 0.3) is 0 Å². The minimum Gasteiger partial charge on any atom is -0.450 e. The van der Waals surface area contributed by atoms with Crippen LogP contribution >= 0.6 is 0 Å². The molecule has 2 heterocycles. The number of benzene rings is 2. The van der Waals surface area contributed by atoms with Gasteiger partial charge >= 0.3 is 5.97 Å². The highest BCUT2D eigenvalue weighted by atomic mass is 19.1. The number of carbonyl (C=O) groups is 2. The van der Waals surface area contributed by atoms with Gasteiger partial charge in [-0.05, 0) is 36.6 Å². The summed E-state index contributed by atoms with van der Waals surface area (Å²) in [6.45, 7) is 2.84. The van der Waals surface area contributed by atoms with Crippen LogP contribution in [0.15, 0.2) is 42.5 Å². The number of hydrogen-bond donors (Lipinski definition) is 0. The second-order valence-corrected chi connectivity index (χ2v) is 7.39. The van der Waals surface area contributed by atoms with Crippen LogP contribution in [0, 0.1) is 12.7 Å². The molecular formula is C22H22FNO3. The van der Waals surface area contributed by atoms with E-state index in [0.29, 0.717) is 49.9 Å². The number of nitrogens with zero attached hydrogens (tertiary/aromatic N) is 1. The van der Waals surface area contributed by atoms with Crippen molar-refractivity contribution < 1.29 is 18.7 Å². The van der Waals surface area contributed by atoms with Gasteiger partial charge in [0.2, 0.25) is 5.91 Å². The molecule has 0 radical (unpaired) electrons. The molecule has 2 aliphatic heterocycles. The summed E-state index contributed by atoms with van der Waals surface area (Å²) >= 11 is 0. The standard InChI is InChI=1S/C22H22FNO3/c1-15-6-7-16(14-19(15)23)8-9-20(25)24-12-10-22(11-13-24)18-5-3-2-4-17(18)21(26)27-22/h2-7,14H,8-13H2,1H3. The van der Waals surface area contributed by atoms with E-state index in [1.54, 1.807) is 19.1 Å². The molecule has 0 aromatic heterocycles. The van der Waals surface area contributed by atoms with E-state index in [2.05, 4.69) is 0 Å². The van der Waals surface area contributed by atoms with E-state index in [9.17, 15) is 14.0 Å². The topological polar surface area (TPSA) is 46.6 Å². The average molecular weight is 367 g/mol. The van der Waals surface area contributed by atoms with Crippen LogP contribution in [0.25, 0.3) is 0 Å². The molecule has 27 heavy (non-hydrogen) atoms. The van der Waals surface area contributed by atoms with Crippen molar-refractivity contribution in [1.82, 2.24) is 4.90 Å². The first-order valence-corrected chi connectivity index (χ1v) is 9.34. The smallest absolute Gasteiger partial charge is 0.339 e. The second-order valence-electron chi connectivity index (χ2n) is 7.39. The Balaban J connectivity index is 1.37. The highest BCUT2D eigenvalue weighted by Gasteiger charge is 2.47. The number of halogens is 1. The lowest BCUT2D eigenvalue weighted by Crippen LogP contribution is -2.45. The molecular weight excluding hydrogens is 345 g/mol. The van der Waals surface area contributed by atoms with Gasteiger partial charge < -0.3 is 9.64 Å². The van der Waals surface area contributed by atoms with E-state index in [4.69, 9.17) is 4.74 Å². The molecule has 2 aliphatic rings. The fourth-order valence-corrected chi connectivity index (χ4v) is 4.04. The first-order chi connectivity index (χ1) is 13.0. The van der Waals surface area contributed by atoms with Crippen LogP contribution in [0.5, 0.6) is 0 Å². The van der Waals surface area contributed by atoms with Gasteiger partial charge in [-0.2, -0.15) is 0 Å². The lowest BCUT2D eigenvalue weighted by atomic mass is 9.83. The van der Waals surface area contributed by atoms with E-state index in [1.165, 1.54) is 6.07 Å². The van der Waals surface area contributed by atoms with Gasteiger partial charge in [-0.1, -0.05) is 30.3 Å². The van der Waals surface area contributed by atoms with Crippen LogP contribution < -0.4 is 0 Å². The van der Waals surface area contributed by atoms with Gasteiger partial charge in [-0.25, -0.2) is 9.18 Å². The van der Waals surface area contributed by atoms with Crippen molar-refractivity contribution in [3.63, 3.8) is 0 Å². The molecule has 0 aliphatic carbocycles. The zero-order chi connectivity index (χ0) is 19.0. The summed E-state index contributed by atoms with van der Waals surface area (Å²) in [5, 5.41) is 0. The van der Waals surface area contributed by atoms with Gasteiger partial charge in [0, 0.05) is 37.9 Å². The molecule has 2 aromatic carbocycles. The van der Waals surface area contributed by atoms with Crippen molar-refractivity contribution in [3.8, 4) is 0 Å². The summed E-state index contributed by atoms with van der Waals surface area (Å²) < 4.78 is 19.4. The summed E-state index contributed by atoms with van der Waals surface area (Å²) in [7, 11) is 0.